The molecule has 0 saturated carbocycles. The van der Waals surface area contributed by atoms with Crippen molar-refractivity contribution in [3.8, 4) is 11.8 Å². The fourth-order valence-corrected chi connectivity index (χ4v) is 1.41. The first-order valence-corrected chi connectivity index (χ1v) is 4.53. The van der Waals surface area contributed by atoms with E-state index in [0.29, 0.717) is 6.29 Å². The van der Waals surface area contributed by atoms with Gasteiger partial charge in [-0.15, -0.1) is 0 Å². The number of methoxy groups -OCH3 is 1. The minimum Gasteiger partial charge on any atom is -0.496 e. The van der Waals surface area contributed by atoms with Crippen LogP contribution in [0, 0.1) is 11.3 Å². The molecule has 1 atom stereocenters. The lowest BCUT2D eigenvalue weighted by Gasteiger charge is -2.13. The first kappa shape index (κ1) is 12.7. The Morgan fingerprint density at radius 1 is 1.59 bits per heavy atom. The number of aliphatic carboxylic acids is 1. The number of nitriles is 1. The van der Waals surface area contributed by atoms with Crippen molar-refractivity contribution in [2.24, 2.45) is 0 Å². The number of benzene rings is 1. The molecule has 2 N–H and O–H groups in total. The number of carbonyl (C=O) groups excluding carboxylic acids is 1. The molecule has 0 aromatic heterocycles. The zero-order valence-electron chi connectivity index (χ0n) is 8.88. The molecule has 1 aromatic rings. The first-order chi connectivity index (χ1) is 8.06. The van der Waals surface area contributed by atoms with Gasteiger partial charge in [-0.05, 0) is 6.07 Å². The number of carbonyl (C=O) groups is 2. The van der Waals surface area contributed by atoms with E-state index in [1.54, 1.807) is 6.07 Å². The summed E-state index contributed by atoms with van der Waals surface area (Å²) in [7, 11) is 1.22. The summed E-state index contributed by atoms with van der Waals surface area (Å²) in [6.45, 7) is 0. The normalized spacial score (nSPS) is 11.4. The minimum atomic E-state index is -1.81. The molecular formula is C11H9NO5. The highest BCUT2D eigenvalue weighted by atomic mass is 16.5. The molecule has 6 heteroatoms. The maximum Gasteiger partial charge on any atom is 0.337 e. The van der Waals surface area contributed by atoms with Crippen LogP contribution in [0.4, 0.5) is 0 Å². The van der Waals surface area contributed by atoms with Gasteiger partial charge in [0.25, 0.3) is 0 Å². The molecule has 0 aliphatic rings. The van der Waals surface area contributed by atoms with Gasteiger partial charge in [-0.2, -0.15) is 5.26 Å². The molecule has 1 unspecified atom stereocenters. The van der Waals surface area contributed by atoms with Gasteiger partial charge in [0, 0.05) is 5.56 Å². The molecule has 6 nitrogen and oxygen atoms in total. The van der Waals surface area contributed by atoms with Crippen molar-refractivity contribution in [1.82, 2.24) is 0 Å². The van der Waals surface area contributed by atoms with Gasteiger partial charge >= 0.3 is 5.97 Å². The molecule has 0 bridgehead atoms. The SMILES string of the molecule is COc1c(C(O)C(=O)O)ccc(C#N)c1C=O. The maximum absolute atomic E-state index is 10.9. The Hall–Kier alpha value is -2.39. The number of aldehydes is 1. The number of hydrogen-bond donors (Lipinski definition) is 2. The lowest BCUT2D eigenvalue weighted by atomic mass is 10.00. The van der Waals surface area contributed by atoms with Crippen molar-refractivity contribution in [3.63, 3.8) is 0 Å². The fourth-order valence-electron chi connectivity index (χ4n) is 1.41. The quantitative estimate of drug-likeness (QED) is 0.735. The number of hydrogen-bond acceptors (Lipinski definition) is 5. The van der Waals surface area contributed by atoms with Crippen LogP contribution in [0.1, 0.15) is 27.6 Å². The Morgan fingerprint density at radius 2 is 2.24 bits per heavy atom. The van der Waals surface area contributed by atoms with E-state index in [0.717, 1.165) is 0 Å². The third kappa shape index (κ3) is 2.24. The zero-order chi connectivity index (χ0) is 13.0. The average molecular weight is 235 g/mol. The van der Waals surface area contributed by atoms with Crippen molar-refractivity contribution < 1.29 is 24.5 Å². The molecule has 88 valence electrons. The van der Waals surface area contributed by atoms with Crippen molar-refractivity contribution in [3.05, 3.63) is 28.8 Å². The van der Waals surface area contributed by atoms with Crippen LogP contribution >= 0.6 is 0 Å². The number of ether oxygens (including phenoxy) is 1. The molecule has 0 saturated heterocycles. The van der Waals surface area contributed by atoms with Crippen LogP contribution in [0.15, 0.2) is 12.1 Å². The van der Waals surface area contributed by atoms with E-state index in [1.807, 2.05) is 0 Å². The Balaban J connectivity index is 3.49. The molecule has 0 radical (unpaired) electrons. The van der Waals surface area contributed by atoms with Crippen LogP contribution in [0.2, 0.25) is 0 Å². The van der Waals surface area contributed by atoms with E-state index in [9.17, 15) is 14.7 Å². The molecule has 17 heavy (non-hydrogen) atoms. The predicted molar refractivity (Wildman–Crippen MR) is 55.7 cm³/mol. The highest BCUT2D eigenvalue weighted by Crippen LogP contribution is 2.30. The van der Waals surface area contributed by atoms with Gasteiger partial charge in [0.2, 0.25) is 0 Å². The number of aliphatic hydroxyl groups excluding tert-OH is 1. The van der Waals surface area contributed by atoms with Crippen LogP contribution in [0.3, 0.4) is 0 Å². The molecule has 0 aliphatic carbocycles. The molecular weight excluding hydrogens is 226 g/mol. The van der Waals surface area contributed by atoms with E-state index < -0.39 is 12.1 Å². The minimum absolute atomic E-state index is 0.0539. The van der Waals surface area contributed by atoms with Crippen molar-refractivity contribution in [2.45, 2.75) is 6.10 Å². The molecule has 1 rings (SSSR count). The van der Waals surface area contributed by atoms with Gasteiger partial charge in [0.05, 0.1) is 18.2 Å². The number of carboxylic acid groups (broad SMARTS) is 1. The third-order valence-electron chi connectivity index (χ3n) is 2.20. The van der Waals surface area contributed by atoms with Crippen molar-refractivity contribution >= 4 is 12.3 Å². The Morgan fingerprint density at radius 3 is 2.65 bits per heavy atom. The van der Waals surface area contributed by atoms with Crippen molar-refractivity contribution in [1.29, 1.82) is 5.26 Å². The van der Waals surface area contributed by atoms with Crippen LogP contribution in [-0.4, -0.2) is 29.6 Å². The summed E-state index contributed by atoms with van der Waals surface area (Å²) < 4.78 is 4.88. The molecule has 0 fully saturated rings. The van der Waals surface area contributed by atoms with Gasteiger partial charge in [-0.1, -0.05) is 6.07 Å². The van der Waals surface area contributed by atoms with E-state index >= 15 is 0 Å². The molecule has 1 aromatic carbocycles. The fraction of sp³-hybridized carbons (Fsp3) is 0.182. The Kier molecular flexibility index (Phi) is 3.80. The summed E-state index contributed by atoms with van der Waals surface area (Å²) in [5.74, 6) is -1.57. The lowest BCUT2D eigenvalue weighted by molar-refractivity contribution is -0.147. The highest BCUT2D eigenvalue weighted by Gasteiger charge is 2.23. The van der Waals surface area contributed by atoms with E-state index in [4.69, 9.17) is 15.1 Å². The molecule has 0 spiro atoms. The second kappa shape index (κ2) is 5.09. The van der Waals surface area contributed by atoms with Gasteiger partial charge in [0.1, 0.15) is 11.8 Å². The topological polar surface area (TPSA) is 108 Å². The van der Waals surface area contributed by atoms with E-state index in [2.05, 4.69) is 0 Å². The Bertz CT molecular complexity index is 503. The zero-order valence-corrected chi connectivity index (χ0v) is 8.88. The van der Waals surface area contributed by atoms with E-state index in [-0.39, 0.29) is 22.4 Å². The summed E-state index contributed by atoms with van der Waals surface area (Å²) in [4.78, 5) is 21.5. The third-order valence-corrected chi connectivity index (χ3v) is 2.20. The van der Waals surface area contributed by atoms with E-state index in [1.165, 1.54) is 19.2 Å². The largest absolute Gasteiger partial charge is 0.496 e. The molecule has 0 heterocycles. The maximum atomic E-state index is 10.9. The number of rotatable bonds is 4. The van der Waals surface area contributed by atoms with Gasteiger partial charge in [-0.3, -0.25) is 4.79 Å². The van der Waals surface area contributed by atoms with Crippen LogP contribution in [0.25, 0.3) is 0 Å². The number of aliphatic hydroxyl groups is 1. The second-order valence-electron chi connectivity index (χ2n) is 3.12. The standard InChI is InChI=1S/C11H9NO5/c1-17-10-7(9(14)11(15)16)3-2-6(4-12)8(10)5-13/h2-3,5,9,14H,1H3,(H,15,16). The summed E-state index contributed by atoms with van der Waals surface area (Å²) in [6, 6.07) is 4.27. The molecule has 0 aliphatic heterocycles. The summed E-state index contributed by atoms with van der Waals surface area (Å²) in [5, 5.41) is 26.9. The van der Waals surface area contributed by atoms with Gasteiger partial charge in [0.15, 0.2) is 12.4 Å². The smallest absolute Gasteiger partial charge is 0.337 e. The predicted octanol–water partition coefficient (Wildman–Crippen LogP) is 0.497. The summed E-state index contributed by atoms with van der Waals surface area (Å²) in [6.07, 6.45) is -1.42. The second-order valence-corrected chi connectivity index (χ2v) is 3.12. The molecule has 0 amide bonds. The van der Waals surface area contributed by atoms with Gasteiger partial charge in [-0.25, -0.2) is 4.79 Å². The Labute approximate surface area is 96.7 Å². The number of carboxylic acids is 1. The van der Waals surface area contributed by atoms with Crippen LogP contribution < -0.4 is 4.74 Å². The first-order valence-electron chi connectivity index (χ1n) is 4.53. The summed E-state index contributed by atoms with van der Waals surface area (Å²) >= 11 is 0. The average Bonchev–Trinajstić information content (AvgIpc) is 2.35. The monoisotopic (exact) mass is 235 g/mol. The van der Waals surface area contributed by atoms with Crippen LogP contribution in [0.5, 0.6) is 5.75 Å². The number of nitrogens with zero attached hydrogens (tertiary/aromatic N) is 1. The lowest BCUT2D eigenvalue weighted by Crippen LogP contribution is -2.13. The van der Waals surface area contributed by atoms with Gasteiger partial charge < -0.3 is 14.9 Å². The highest BCUT2D eigenvalue weighted by molar-refractivity contribution is 5.86. The summed E-state index contributed by atoms with van der Waals surface area (Å²) in [5.41, 5.74) is -0.0907. The van der Waals surface area contributed by atoms with Crippen LogP contribution in [-0.2, 0) is 4.79 Å². The van der Waals surface area contributed by atoms with Crippen molar-refractivity contribution in [2.75, 3.05) is 7.11 Å².